The molecule has 1 aromatic heterocycles. The van der Waals surface area contributed by atoms with Gasteiger partial charge in [-0.1, -0.05) is 0 Å². The molecule has 2 aliphatic heterocycles. The predicted octanol–water partition coefficient (Wildman–Crippen LogP) is -0.226. The van der Waals surface area contributed by atoms with Gasteiger partial charge in [0, 0.05) is 32.9 Å². The Morgan fingerprint density at radius 1 is 1.33 bits per heavy atom. The molecule has 2 amide bonds. The number of nitrogens with one attached hydrogen (secondary N) is 1. The van der Waals surface area contributed by atoms with Crippen LogP contribution in [0, 0.1) is 5.41 Å². The molecular weight excluding hydrogens is 346 g/mol. The van der Waals surface area contributed by atoms with E-state index in [0.29, 0.717) is 19.6 Å². The number of fused-ring (bicyclic) bond motifs is 1. The lowest BCUT2D eigenvalue weighted by atomic mass is 9.67. The third-order valence-corrected chi connectivity index (χ3v) is 6.05. The van der Waals surface area contributed by atoms with E-state index >= 15 is 0 Å². The van der Waals surface area contributed by atoms with Crippen molar-refractivity contribution < 1.29 is 14.7 Å². The van der Waals surface area contributed by atoms with E-state index in [1.54, 1.807) is 9.58 Å². The van der Waals surface area contributed by atoms with E-state index in [2.05, 4.69) is 15.3 Å². The number of aliphatic hydroxyl groups excluding tert-OH is 1. The maximum atomic E-state index is 13.2. The average molecular weight is 377 g/mol. The van der Waals surface area contributed by atoms with Gasteiger partial charge in [0.2, 0.25) is 11.8 Å². The summed E-state index contributed by atoms with van der Waals surface area (Å²) in [6, 6.07) is -0.164. The molecule has 0 bridgehead atoms. The number of piperidine rings is 2. The van der Waals surface area contributed by atoms with Gasteiger partial charge in [-0.3, -0.25) is 14.3 Å². The van der Waals surface area contributed by atoms with Crippen molar-refractivity contribution >= 4 is 11.8 Å². The zero-order valence-electron chi connectivity index (χ0n) is 16.4. The number of aromatic nitrogens is 2. The van der Waals surface area contributed by atoms with Gasteiger partial charge in [-0.15, -0.1) is 0 Å². The molecule has 2 aliphatic rings. The molecule has 2 fully saturated rings. The number of rotatable bonds is 6. The molecule has 0 spiro atoms. The van der Waals surface area contributed by atoms with Gasteiger partial charge in [0.15, 0.2) is 0 Å². The van der Waals surface area contributed by atoms with Crippen LogP contribution in [0.1, 0.15) is 31.2 Å². The largest absolute Gasteiger partial charge is 0.387 e. The summed E-state index contributed by atoms with van der Waals surface area (Å²) >= 11 is 0. The van der Waals surface area contributed by atoms with Crippen molar-refractivity contribution in [2.45, 2.75) is 38.1 Å². The first-order valence-corrected chi connectivity index (χ1v) is 9.81. The third-order valence-electron chi connectivity index (χ3n) is 6.05. The van der Waals surface area contributed by atoms with Crippen LogP contribution in [0.4, 0.5) is 0 Å². The molecule has 0 aliphatic carbocycles. The zero-order chi connectivity index (χ0) is 19.4. The lowest BCUT2D eigenvalue weighted by molar-refractivity contribution is -0.155. The number of aliphatic hydroxyl groups is 1. The second-order valence-electron chi connectivity index (χ2n) is 7.91. The molecule has 8 nitrogen and oxygen atoms in total. The summed E-state index contributed by atoms with van der Waals surface area (Å²) in [6.07, 6.45) is 7.93. The lowest BCUT2D eigenvalue weighted by Gasteiger charge is -2.53. The smallest absolute Gasteiger partial charge is 0.248 e. The molecule has 0 unspecified atom stereocenters. The highest BCUT2D eigenvalue weighted by Gasteiger charge is 2.53. The summed E-state index contributed by atoms with van der Waals surface area (Å²) in [6.45, 7) is 2.26. The van der Waals surface area contributed by atoms with E-state index < -0.39 is 12.0 Å². The van der Waals surface area contributed by atoms with E-state index in [1.165, 1.54) is 5.56 Å². The number of amides is 2. The number of carbonyl (C=O) groups excluding carboxylic acids is 2. The van der Waals surface area contributed by atoms with Gasteiger partial charge < -0.3 is 20.2 Å². The first-order chi connectivity index (χ1) is 13.0. The number of hydrogen-bond donors (Lipinski definition) is 2. The summed E-state index contributed by atoms with van der Waals surface area (Å²) in [5.41, 5.74) is 0.628. The van der Waals surface area contributed by atoms with Gasteiger partial charge in [-0.05, 0) is 51.3 Å². The monoisotopic (exact) mass is 377 g/mol. The summed E-state index contributed by atoms with van der Waals surface area (Å²) in [5.74, 6) is -0.217. The Morgan fingerprint density at radius 3 is 2.85 bits per heavy atom. The fraction of sp³-hybridized carbons (Fsp3) is 0.737. The highest BCUT2D eigenvalue weighted by atomic mass is 16.3. The van der Waals surface area contributed by atoms with Crippen molar-refractivity contribution in [3.63, 3.8) is 0 Å². The molecule has 0 radical (unpaired) electrons. The Labute approximate surface area is 160 Å². The Bertz CT molecular complexity index is 676. The summed E-state index contributed by atoms with van der Waals surface area (Å²) in [7, 11) is 3.92. The minimum Gasteiger partial charge on any atom is -0.387 e. The third kappa shape index (κ3) is 4.16. The van der Waals surface area contributed by atoms with E-state index in [4.69, 9.17) is 0 Å². The normalized spacial score (nSPS) is 25.9. The molecule has 150 valence electrons. The molecule has 27 heavy (non-hydrogen) atoms. The van der Waals surface area contributed by atoms with Crippen molar-refractivity contribution in [2.75, 3.05) is 39.8 Å². The van der Waals surface area contributed by atoms with Crippen LogP contribution < -0.4 is 5.32 Å². The Hall–Kier alpha value is -1.93. The second kappa shape index (κ2) is 8.39. The highest BCUT2D eigenvalue weighted by molar-refractivity contribution is 5.86. The maximum Gasteiger partial charge on any atom is 0.248 e. The number of likely N-dealkylation sites (tertiary alicyclic amines) is 2. The van der Waals surface area contributed by atoms with Crippen molar-refractivity contribution in [1.29, 1.82) is 0 Å². The van der Waals surface area contributed by atoms with Crippen LogP contribution in [0.25, 0.3) is 0 Å². The van der Waals surface area contributed by atoms with Crippen molar-refractivity contribution in [2.24, 2.45) is 12.5 Å². The van der Waals surface area contributed by atoms with Gasteiger partial charge in [0.1, 0.15) is 6.61 Å². The highest BCUT2D eigenvalue weighted by Crippen LogP contribution is 2.42. The predicted molar refractivity (Wildman–Crippen MR) is 101 cm³/mol. The van der Waals surface area contributed by atoms with Gasteiger partial charge in [0.05, 0.1) is 17.7 Å². The second-order valence-corrected chi connectivity index (χ2v) is 7.91. The Morgan fingerprint density at radius 2 is 2.15 bits per heavy atom. The first-order valence-electron chi connectivity index (χ1n) is 9.81. The zero-order valence-corrected chi connectivity index (χ0v) is 16.4. The number of likely N-dealkylation sites (N-methyl/N-ethyl adjacent to an activating group) is 1. The molecule has 0 aromatic carbocycles. The van der Waals surface area contributed by atoms with Crippen LogP contribution in [0.2, 0.25) is 0 Å². The molecule has 2 atom stereocenters. The average Bonchev–Trinajstić information content (AvgIpc) is 3.09. The van der Waals surface area contributed by atoms with E-state index in [9.17, 15) is 14.7 Å². The molecule has 2 saturated heterocycles. The van der Waals surface area contributed by atoms with Crippen LogP contribution in [-0.4, -0.2) is 82.4 Å². The molecule has 3 heterocycles. The van der Waals surface area contributed by atoms with Gasteiger partial charge >= 0.3 is 0 Å². The minimum absolute atomic E-state index is 0.0576. The van der Waals surface area contributed by atoms with E-state index in [1.807, 2.05) is 26.5 Å². The Kier molecular flexibility index (Phi) is 6.16. The van der Waals surface area contributed by atoms with E-state index in [-0.39, 0.29) is 17.9 Å². The SMILES string of the molecule is CN1CC[C@]2(C(=O)NCCCc3cnn(C)c3)CCCN(C(=O)CO)[C@H]2C1. The fourth-order valence-electron chi connectivity index (χ4n) is 4.57. The number of carbonyl (C=O) groups is 2. The molecule has 2 N–H and O–H groups in total. The van der Waals surface area contributed by atoms with Crippen molar-refractivity contribution in [3.05, 3.63) is 18.0 Å². The minimum atomic E-state index is -0.538. The standard InChI is InChI=1S/C19H31N5O3/c1-22-10-7-19(6-4-9-24(16(19)13-22)17(26)14-25)18(27)20-8-3-5-15-11-21-23(2)12-15/h11-12,16,25H,3-10,13-14H2,1-2H3,(H,20,27)/t16-,19+/m0/s1. The van der Waals surface area contributed by atoms with Crippen LogP contribution >= 0.6 is 0 Å². The van der Waals surface area contributed by atoms with Crippen molar-refractivity contribution in [3.8, 4) is 0 Å². The number of nitrogens with zero attached hydrogens (tertiary/aromatic N) is 4. The van der Waals surface area contributed by atoms with Crippen LogP contribution in [0.3, 0.4) is 0 Å². The molecule has 1 aromatic rings. The van der Waals surface area contributed by atoms with Gasteiger partial charge in [0.25, 0.3) is 0 Å². The lowest BCUT2D eigenvalue weighted by Crippen LogP contribution is -2.66. The van der Waals surface area contributed by atoms with Gasteiger partial charge in [-0.2, -0.15) is 5.10 Å². The number of hydrogen-bond acceptors (Lipinski definition) is 5. The summed E-state index contributed by atoms with van der Waals surface area (Å²) < 4.78 is 1.78. The number of aryl methyl sites for hydroxylation is 2. The quantitative estimate of drug-likeness (QED) is 0.669. The topological polar surface area (TPSA) is 90.7 Å². The molecular formula is C19H31N5O3. The van der Waals surface area contributed by atoms with Crippen molar-refractivity contribution in [1.82, 2.24) is 24.9 Å². The summed E-state index contributed by atoms with van der Waals surface area (Å²) in [4.78, 5) is 29.3. The molecule has 3 rings (SSSR count). The van der Waals surface area contributed by atoms with Crippen LogP contribution in [0.5, 0.6) is 0 Å². The van der Waals surface area contributed by atoms with Crippen LogP contribution in [-0.2, 0) is 23.1 Å². The maximum absolute atomic E-state index is 13.2. The van der Waals surface area contributed by atoms with E-state index in [0.717, 1.165) is 38.6 Å². The van der Waals surface area contributed by atoms with Gasteiger partial charge in [-0.25, -0.2) is 0 Å². The van der Waals surface area contributed by atoms with Crippen LogP contribution in [0.15, 0.2) is 12.4 Å². The molecule has 8 heteroatoms. The first kappa shape index (κ1) is 19.8. The fourth-order valence-corrected chi connectivity index (χ4v) is 4.57. The Balaban J connectivity index is 1.63. The summed E-state index contributed by atoms with van der Waals surface area (Å²) in [5, 5.41) is 16.6. The molecule has 0 saturated carbocycles.